The number of ketones is 1. The maximum absolute atomic E-state index is 11.4. The summed E-state index contributed by atoms with van der Waals surface area (Å²) in [4.78, 5) is 13.8. The van der Waals surface area contributed by atoms with E-state index in [1.165, 1.54) is 11.3 Å². The summed E-state index contributed by atoms with van der Waals surface area (Å²) in [6, 6.07) is 6.62. The zero-order chi connectivity index (χ0) is 13.3. The van der Waals surface area contributed by atoms with Crippen molar-refractivity contribution >= 4 is 11.5 Å². The van der Waals surface area contributed by atoms with Crippen molar-refractivity contribution in [2.24, 2.45) is 0 Å². The van der Waals surface area contributed by atoms with Crippen LogP contribution in [0.15, 0.2) is 18.2 Å². The Morgan fingerprint density at radius 2 is 2.22 bits per heavy atom. The largest absolute Gasteiger partial charge is 0.497 e. The van der Waals surface area contributed by atoms with Crippen LogP contribution >= 0.6 is 0 Å². The fourth-order valence-corrected chi connectivity index (χ4v) is 2.69. The normalized spacial score (nSPS) is 18.1. The van der Waals surface area contributed by atoms with Crippen LogP contribution in [0, 0.1) is 0 Å². The van der Waals surface area contributed by atoms with Gasteiger partial charge in [-0.2, -0.15) is 0 Å². The lowest BCUT2D eigenvalue weighted by atomic mass is 9.96. The molecule has 0 saturated carbocycles. The number of hydrogen-bond acceptors (Lipinski definition) is 3. The summed E-state index contributed by atoms with van der Waals surface area (Å²) in [5.41, 5.74) is 2.50. The highest BCUT2D eigenvalue weighted by Crippen LogP contribution is 2.41. The molecule has 1 atom stereocenters. The van der Waals surface area contributed by atoms with E-state index >= 15 is 0 Å². The SMILES string of the molecule is COc1ccc2c(c1)C(CC(C)=O)CN2C(C)C. The molecule has 0 N–H and O–H groups in total. The maximum Gasteiger partial charge on any atom is 0.130 e. The van der Waals surface area contributed by atoms with Crippen molar-refractivity contribution in [1.82, 2.24) is 0 Å². The van der Waals surface area contributed by atoms with E-state index in [0.29, 0.717) is 18.4 Å². The van der Waals surface area contributed by atoms with E-state index in [1.54, 1.807) is 14.0 Å². The minimum absolute atomic E-state index is 0.249. The van der Waals surface area contributed by atoms with Crippen LogP contribution < -0.4 is 9.64 Å². The number of ether oxygens (including phenoxy) is 1. The number of carbonyl (C=O) groups excluding carboxylic acids is 1. The summed E-state index contributed by atoms with van der Waals surface area (Å²) in [5.74, 6) is 1.42. The molecule has 0 aromatic heterocycles. The summed E-state index contributed by atoms with van der Waals surface area (Å²) < 4.78 is 5.29. The van der Waals surface area contributed by atoms with Crippen LogP contribution in [0.2, 0.25) is 0 Å². The second kappa shape index (κ2) is 5.01. The number of hydrogen-bond donors (Lipinski definition) is 0. The first-order chi connectivity index (χ1) is 8.52. The number of methoxy groups -OCH3 is 1. The van der Waals surface area contributed by atoms with E-state index < -0.39 is 0 Å². The fourth-order valence-electron chi connectivity index (χ4n) is 2.69. The lowest BCUT2D eigenvalue weighted by Crippen LogP contribution is -2.29. The summed E-state index contributed by atoms with van der Waals surface area (Å²) >= 11 is 0. The number of carbonyl (C=O) groups is 1. The highest BCUT2D eigenvalue weighted by Gasteiger charge is 2.30. The van der Waals surface area contributed by atoms with Crippen molar-refractivity contribution in [2.45, 2.75) is 39.2 Å². The molecule has 3 nitrogen and oxygen atoms in total. The molecule has 0 fully saturated rings. The Kier molecular flexibility index (Phi) is 3.60. The second-order valence-corrected chi connectivity index (χ2v) is 5.27. The summed E-state index contributed by atoms with van der Waals surface area (Å²) in [6.07, 6.45) is 0.614. The van der Waals surface area contributed by atoms with Crippen molar-refractivity contribution in [1.29, 1.82) is 0 Å². The Hall–Kier alpha value is -1.51. The van der Waals surface area contributed by atoms with Crippen molar-refractivity contribution in [3.63, 3.8) is 0 Å². The molecule has 1 unspecified atom stereocenters. The monoisotopic (exact) mass is 247 g/mol. The lowest BCUT2D eigenvalue weighted by molar-refractivity contribution is -0.117. The van der Waals surface area contributed by atoms with Gasteiger partial charge in [0.2, 0.25) is 0 Å². The molecule has 1 aliphatic heterocycles. The van der Waals surface area contributed by atoms with Crippen LogP contribution in [0.3, 0.4) is 0 Å². The van der Waals surface area contributed by atoms with Gasteiger partial charge in [-0.25, -0.2) is 0 Å². The molecule has 0 amide bonds. The van der Waals surface area contributed by atoms with Gasteiger partial charge < -0.3 is 14.4 Å². The first kappa shape index (κ1) is 12.9. The number of fused-ring (bicyclic) bond motifs is 1. The third-order valence-electron chi connectivity index (χ3n) is 3.56. The molecule has 0 aliphatic carbocycles. The van der Waals surface area contributed by atoms with Gasteiger partial charge in [0, 0.05) is 30.6 Å². The first-order valence-electron chi connectivity index (χ1n) is 6.47. The average Bonchev–Trinajstić information content (AvgIpc) is 2.67. The Bertz CT molecular complexity index is 454. The van der Waals surface area contributed by atoms with Crippen LogP contribution in [0.5, 0.6) is 5.75 Å². The molecular weight excluding hydrogens is 226 g/mol. The van der Waals surface area contributed by atoms with E-state index in [9.17, 15) is 4.79 Å². The Balaban J connectivity index is 2.37. The minimum atomic E-state index is 0.249. The molecule has 1 aromatic rings. The highest BCUT2D eigenvalue weighted by molar-refractivity contribution is 5.78. The maximum atomic E-state index is 11.4. The van der Waals surface area contributed by atoms with Gasteiger partial charge in [0.1, 0.15) is 11.5 Å². The molecule has 18 heavy (non-hydrogen) atoms. The second-order valence-electron chi connectivity index (χ2n) is 5.27. The summed E-state index contributed by atoms with van der Waals surface area (Å²) in [7, 11) is 1.68. The first-order valence-corrected chi connectivity index (χ1v) is 6.47. The highest BCUT2D eigenvalue weighted by atomic mass is 16.5. The summed E-state index contributed by atoms with van der Waals surface area (Å²) in [6.45, 7) is 6.96. The van der Waals surface area contributed by atoms with Gasteiger partial charge in [0.25, 0.3) is 0 Å². The molecule has 0 saturated heterocycles. The number of rotatable bonds is 4. The predicted molar refractivity (Wildman–Crippen MR) is 73.5 cm³/mol. The molecule has 0 bridgehead atoms. The standard InChI is InChI=1S/C15H21NO2/c1-10(2)16-9-12(7-11(3)17)14-8-13(18-4)5-6-15(14)16/h5-6,8,10,12H,7,9H2,1-4H3. The molecule has 98 valence electrons. The van der Waals surface area contributed by atoms with Crippen molar-refractivity contribution in [3.05, 3.63) is 23.8 Å². The van der Waals surface area contributed by atoms with Gasteiger partial charge in [-0.05, 0) is 44.5 Å². The van der Waals surface area contributed by atoms with Crippen molar-refractivity contribution in [3.8, 4) is 5.75 Å². The van der Waals surface area contributed by atoms with E-state index in [4.69, 9.17) is 4.74 Å². The van der Waals surface area contributed by atoms with Gasteiger partial charge in [0.15, 0.2) is 0 Å². The number of anilines is 1. The third-order valence-corrected chi connectivity index (χ3v) is 3.56. The van der Waals surface area contributed by atoms with Crippen molar-refractivity contribution < 1.29 is 9.53 Å². The average molecular weight is 247 g/mol. The number of benzene rings is 1. The van der Waals surface area contributed by atoms with Crippen LogP contribution in [0.25, 0.3) is 0 Å². The van der Waals surface area contributed by atoms with Crippen LogP contribution in [-0.2, 0) is 4.79 Å². The zero-order valence-electron chi connectivity index (χ0n) is 11.6. The van der Waals surface area contributed by atoms with Crippen LogP contribution in [0.1, 0.15) is 38.7 Å². The number of Topliss-reactive ketones (excluding diaryl/α,β-unsaturated/α-hetero) is 1. The minimum Gasteiger partial charge on any atom is -0.497 e. The Morgan fingerprint density at radius 3 is 2.78 bits per heavy atom. The molecule has 0 radical (unpaired) electrons. The fraction of sp³-hybridized carbons (Fsp3) is 0.533. The van der Waals surface area contributed by atoms with E-state index in [1.807, 2.05) is 6.07 Å². The van der Waals surface area contributed by atoms with Gasteiger partial charge >= 0.3 is 0 Å². The molecule has 3 heteroatoms. The molecule has 1 heterocycles. The molecule has 0 spiro atoms. The zero-order valence-corrected chi connectivity index (χ0v) is 11.6. The smallest absolute Gasteiger partial charge is 0.130 e. The van der Waals surface area contributed by atoms with E-state index in [-0.39, 0.29) is 5.78 Å². The van der Waals surface area contributed by atoms with Gasteiger partial charge in [-0.15, -0.1) is 0 Å². The van der Waals surface area contributed by atoms with E-state index in [0.717, 1.165) is 12.3 Å². The predicted octanol–water partition coefficient (Wildman–Crippen LogP) is 2.99. The Labute approximate surface area is 109 Å². The van der Waals surface area contributed by atoms with Gasteiger partial charge in [0.05, 0.1) is 7.11 Å². The topological polar surface area (TPSA) is 29.5 Å². The van der Waals surface area contributed by atoms with Crippen molar-refractivity contribution in [2.75, 3.05) is 18.6 Å². The van der Waals surface area contributed by atoms with E-state index in [2.05, 4.69) is 30.9 Å². The molecule has 1 aliphatic rings. The summed E-state index contributed by atoms with van der Waals surface area (Å²) in [5, 5.41) is 0. The van der Waals surface area contributed by atoms with Gasteiger partial charge in [-0.3, -0.25) is 0 Å². The van der Waals surface area contributed by atoms with Crippen LogP contribution in [-0.4, -0.2) is 25.5 Å². The lowest BCUT2D eigenvalue weighted by Gasteiger charge is -2.24. The quantitative estimate of drug-likeness (QED) is 0.819. The molecule has 2 rings (SSSR count). The number of nitrogens with zero attached hydrogens (tertiary/aromatic N) is 1. The van der Waals surface area contributed by atoms with Gasteiger partial charge in [-0.1, -0.05) is 0 Å². The Morgan fingerprint density at radius 1 is 1.50 bits per heavy atom. The molecule has 1 aromatic carbocycles. The third kappa shape index (κ3) is 2.35. The van der Waals surface area contributed by atoms with Crippen LogP contribution in [0.4, 0.5) is 5.69 Å². The molecular formula is C15H21NO2.